The molecule has 5 nitrogen and oxygen atoms in total. The van der Waals surface area contributed by atoms with E-state index in [1.807, 2.05) is 44.2 Å². The summed E-state index contributed by atoms with van der Waals surface area (Å²) >= 11 is 0. The third-order valence-corrected chi connectivity index (χ3v) is 3.40. The van der Waals surface area contributed by atoms with Crippen molar-refractivity contribution in [3.8, 4) is 0 Å². The van der Waals surface area contributed by atoms with Gasteiger partial charge in [-0.05, 0) is 18.4 Å². The molecule has 1 heterocycles. The van der Waals surface area contributed by atoms with Gasteiger partial charge in [-0.1, -0.05) is 49.3 Å². The molecule has 0 fully saturated rings. The summed E-state index contributed by atoms with van der Waals surface area (Å²) in [6, 6.07) is 9.66. The Balaban J connectivity index is 2.32. The quantitative estimate of drug-likeness (QED) is 0.817. The van der Waals surface area contributed by atoms with Crippen LogP contribution in [-0.4, -0.2) is 23.0 Å². The minimum Gasteiger partial charge on any atom is -0.369 e. The third-order valence-electron chi connectivity index (χ3n) is 3.40. The Morgan fingerprint density at radius 3 is 2.43 bits per heavy atom. The zero-order valence-electron chi connectivity index (χ0n) is 12.7. The van der Waals surface area contributed by atoms with Gasteiger partial charge in [0.05, 0.1) is 5.92 Å². The van der Waals surface area contributed by atoms with E-state index >= 15 is 0 Å². The lowest BCUT2D eigenvalue weighted by atomic mass is 9.92. The molecule has 5 heteroatoms. The highest BCUT2D eigenvalue weighted by Gasteiger charge is 2.29. The average Bonchev–Trinajstić information content (AvgIpc) is 2.89. The molecule has 0 N–H and O–H groups in total. The topological polar surface area (TPSA) is 65.2 Å². The van der Waals surface area contributed by atoms with E-state index in [-0.39, 0.29) is 17.6 Å². The molecule has 0 radical (unpaired) electrons. The van der Waals surface area contributed by atoms with Gasteiger partial charge in [0.1, 0.15) is 11.9 Å². The van der Waals surface area contributed by atoms with Crippen molar-refractivity contribution in [3.05, 3.63) is 47.6 Å². The molecule has 1 aromatic carbocycles. The second-order valence-electron chi connectivity index (χ2n) is 5.35. The minimum atomic E-state index is -0.400. The number of carbonyl (C=O) groups excluding carboxylic acids is 1. The van der Waals surface area contributed by atoms with Gasteiger partial charge < -0.3 is 9.26 Å². The molecule has 0 aliphatic carbocycles. The van der Waals surface area contributed by atoms with Crippen molar-refractivity contribution < 1.29 is 14.1 Å². The lowest BCUT2D eigenvalue weighted by molar-refractivity contribution is -0.119. The Kier molecular flexibility index (Phi) is 4.85. The van der Waals surface area contributed by atoms with Gasteiger partial charge in [-0.2, -0.15) is 4.98 Å². The number of ether oxygens (including phenoxy) is 1. The fourth-order valence-corrected chi connectivity index (χ4v) is 2.43. The van der Waals surface area contributed by atoms with Crippen molar-refractivity contribution in [1.82, 2.24) is 10.1 Å². The predicted octanol–water partition coefficient (Wildman–Crippen LogP) is 3.13. The first-order chi connectivity index (χ1) is 10.0. The van der Waals surface area contributed by atoms with Crippen molar-refractivity contribution in [2.24, 2.45) is 5.92 Å². The Labute approximate surface area is 124 Å². The van der Waals surface area contributed by atoms with Gasteiger partial charge in [0.2, 0.25) is 11.7 Å². The summed E-state index contributed by atoms with van der Waals surface area (Å²) in [5.41, 5.74) is 0.941. The molecule has 0 saturated heterocycles. The molecule has 2 atom stereocenters. The van der Waals surface area contributed by atoms with Crippen LogP contribution in [0, 0.1) is 5.92 Å². The average molecular weight is 288 g/mol. The molecule has 21 heavy (non-hydrogen) atoms. The Bertz CT molecular complexity index is 593. The molecular weight excluding hydrogens is 268 g/mol. The Hall–Kier alpha value is -2.01. The van der Waals surface area contributed by atoms with Gasteiger partial charge in [0, 0.05) is 7.11 Å². The molecule has 1 aromatic heterocycles. The van der Waals surface area contributed by atoms with Crippen LogP contribution in [-0.2, 0) is 9.53 Å². The van der Waals surface area contributed by atoms with Crippen molar-refractivity contribution in [2.45, 2.75) is 32.8 Å². The maximum Gasteiger partial charge on any atom is 0.237 e. The minimum absolute atomic E-state index is 0.0221. The number of rotatable bonds is 6. The van der Waals surface area contributed by atoms with Gasteiger partial charge >= 0.3 is 0 Å². The lowest BCUT2D eigenvalue weighted by Gasteiger charge is -2.13. The van der Waals surface area contributed by atoms with E-state index in [9.17, 15) is 4.79 Å². The van der Waals surface area contributed by atoms with Crippen molar-refractivity contribution >= 4 is 5.78 Å². The molecule has 0 saturated carbocycles. The Morgan fingerprint density at radius 1 is 1.24 bits per heavy atom. The van der Waals surface area contributed by atoms with E-state index < -0.39 is 6.10 Å². The SMILES string of the molecule is COC(c1ccccc1)c1noc(C(C(C)=O)C(C)C)n1. The van der Waals surface area contributed by atoms with Crippen LogP contribution in [0.1, 0.15) is 50.1 Å². The van der Waals surface area contributed by atoms with Gasteiger partial charge in [-0.3, -0.25) is 4.79 Å². The lowest BCUT2D eigenvalue weighted by Crippen LogP contribution is -2.16. The molecule has 2 aromatic rings. The number of hydrogen-bond acceptors (Lipinski definition) is 5. The van der Waals surface area contributed by atoms with Crippen LogP contribution in [0.5, 0.6) is 0 Å². The van der Waals surface area contributed by atoms with E-state index in [1.54, 1.807) is 14.0 Å². The maximum absolute atomic E-state index is 11.7. The van der Waals surface area contributed by atoms with E-state index in [0.717, 1.165) is 5.56 Å². The summed E-state index contributed by atoms with van der Waals surface area (Å²) in [6.07, 6.45) is -0.400. The largest absolute Gasteiger partial charge is 0.369 e. The van der Waals surface area contributed by atoms with Gasteiger partial charge in [0.15, 0.2) is 0 Å². The summed E-state index contributed by atoms with van der Waals surface area (Å²) in [7, 11) is 1.60. The van der Waals surface area contributed by atoms with Crippen LogP contribution < -0.4 is 0 Å². The van der Waals surface area contributed by atoms with Crippen molar-refractivity contribution in [2.75, 3.05) is 7.11 Å². The van der Waals surface area contributed by atoms with Crippen LogP contribution >= 0.6 is 0 Å². The first kappa shape index (κ1) is 15.4. The number of nitrogens with zero attached hydrogens (tertiary/aromatic N) is 2. The van der Waals surface area contributed by atoms with Crippen LogP contribution in [0.3, 0.4) is 0 Å². The van der Waals surface area contributed by atoms with Gasteiger partial charge in [0.25, 0.3) is 0 Å². The first-order valence-electron chi connectivity index (χ1n) is 6.96. The zero-order valence-corrected chi connectivity index (χ0v) is 12.7. The molecule has 0 aliphatic rings. The zero-order chi connectivity index (χ0) is 15.4. The highest BCUT2D eigenvalue weighted by Crippen LogP contribution is 2.28. The molecular formula is C16H20N2O3. The number of benzene rings is 1. The number of Topliss-reactive ketones (excluding diaryl/α,β-unsaturated/α-hetero) is 1. The molecule has 112 valence electrons. The molecule has 0 bridgehead atoms. The number of aromatic nitrogens is 2. The summed E-state index contributed by atoms with van der Waals surface area (Å²) in [5, 5.41) is 3.99. The molecule has 2 rings (SSSR count). The first-order valence-corrected chi connectivity index (χ1v) is 6.96. The van der Waals surface area contributed by atoms with Crippen LogP contribution in [0.25, 0.3) is 0 Å². The second kappa shape index (κ2) is 6.63. The summed E-state index contributed by atoms with van der Waals surface area (Å²) < 4.78 is 10.8. The number of methoxy groups -OCH3 is 1. The summed E-state index contributed by atoms with van der Waals surface area (Å²) in [5.74, 6) is 0.540. The smallest absolute Gasteiger partial charge is 0.237 e. The molecule has 0 aliphatic heterocycles. The predicted molar refractivity (Wildman–Crippen MR) is 77.9 cm³/mol. The van der Waals surface area contributed by atoms with Crippen molar-refractivity contribution in [1.29, 1.82) is 0 Å². The fraction of sp³-hybridized carbons (Fsp3) is 0.438. The summed E-state index contributed by atoms with van der Waals surface area (Å²) in [4.78, 5) is 16.1. The van der Waals surface area contributed by atoms with E-state index in [1.165, 1.54) is 0 Å². The van der Waals surface area contributed by atoms with E-state index in [0.29, 0.717) is 11.7 Å². The summed E-state index contributed by atoms with van der Waals surface area (Å²) in [6.45, 7) is 5.46. The van der Waals surface area contributed by atoms with Gasteiger partial charge in [-0.25, -0.2) is 0 Å². The molecule has 2 unspecified atom stereocenters. The van der Waals surface area contributed by atoms with Crippen LogP contribution in [0.4, 0.5) is 0 Å². The molecule has 0 spiro atoms. The highest BCUT2D eigenvalue weighted by atomic mass is 16.5. The Morgan fingerprint density at radius 2 is 1.90 bits per heavy atom. The number of carbonyl (C=O) groups is 1. The third kappa shape index (κ3) is 3.36. The second-order valence-corrected chi connectivity index (χ2v) is 5.35. The maximum atomic E-state index is 11.7. The number of ketones is 1. The van der Waals surface area contributed by atoms with Crippen LogP contribution in [0.15, 0.2) is 34.9 Å². The fourth-order valence-electron chi connectivity index (χ4n) is 2.43. The monoisotopic (exact) mass is 288 g/mol. The van der Waals surface area contributed by atoms with E-state index in [2.05, 4.69) is 10.1 Å². The molecule has 0 amide bonds. The normalized spacial score (nSPS) is 14.1. The highest BCUT2D eigenvalue weighted by molar-refractivity contribution is 5.82. The van der Waals surface area contributed by atoms with Crippen molar-refractivity contribution in [3.63, 3.8) is 0 Å². The standard InChI is InChI=1S/C16H20N2O3/c1-10(2)13(11(3)19)16-17-15(18-21-16)14(20-4)12-8-6-5-7-9-12/h5-10,13-14H,1-4H3. The van der Waals surface area contributed by atoms with Gasteiger partial charge in [-0.15, -0.1) is 0 Å². The van der Waals surface area contributed by atoms with E-state index in [4.69, 9.17) is 9.26 Å². The van der Waals surface area contributed by atoms with Crippen LogP contribution in [0.2, 0.25) is 0 Å². The number of hydrogen-bond donors (Lipinski definition) is 0.